The van der Waals surface area contributed by atoms with E-state index >= 15 is 0 Å². The van der Waals surface area contributed by atoms with E-state index < -0.39 is 0 Å². The van der Waals surface area contributed by atoms with E-state index in [9.17, 15) is 0 Å². The van der Waals surface area contributed by atoms with E-state index in [-0.39, 0.29) is 11.2 Å². The van der Waals surface area contributed by atoms with Gasteiger partial charge in [0.15, 0.2) is 0 Å². The molecule has 102 valence electrons. The van der Waals surface area contributed by atoms with Crippen LogP contribution in [0, 0.1) is 5.92 Å². The predicted molar refractivity (Wildman–Crippen MR) is 74.1 cm³/mol. The van der Waals surface area contributed by atoms with E-state index in [1.165, 1.54) is 25.7 Å². The molecule has 2 heteroatoms. The fraction of sp³-hybridized carbons (Fsp3) is 1.00. The molecule has 2 N–H and O–H groups in total. The third kappa shape index (κ3) is 4.26. The summed E-state index contributed by atoms with van der Waals surface area (Å²) in [5.74, 6) is 0.499. The first-order valence-corrected chi connectivity index (χ1v) is 7.24. The summed E-state index contributed by atoms with van der Waals surface area (Å²) >= 11 is 0. The summed E-state index contributed by atoms with van der Waals surface area (Å²) in [6.45, 7) is 11.0. The van der Waals surface area contributed by atoms with Crippen LogP contribution in [0.15, 0.2) is 0 Å². The molecule has 1 aliphatic rings. The van der Waals surface area contributed by atoms with Crippen molar-refractivity contribution in [2.24, 2.45) is 11.7 Å². The molecule has 0 bridgehead atoms. The SMILES string of the molecule is CCCCCCC(N)C1CC(C)(C)OC1(C)C. The average molecular weight is 241 g/mol. The molecule has 0 spiro atoms. The highest BCUT2D eigenvalue weighted by Gasteiger charge is 2.47. The minimum absolute atomic E-state index is 0.00476. The van der Waals surface area contributed by atoms with Gasteiger partial charge in [-0.3, -0.25) is 0 Å². The summed E-state index contributed by atoms with van der Waals surface area (Å²) in [4.78, 5) is 0. The zero-order valence-electron chi connectivity index (χ0n) is 12.4. The molecule has 1 saturated heterocycles. The number of hydrogen-bond donors (Lipinski definition) is 1. The highest BCUT2D eigenvalue weighted by Crippen LogP contribution is 2.43. The zero-order chi connectivity index (χ0) is 13.1. The quantitative estimate of drug-likeness (QED) is 0.716. The second-order valence-electron chi connectivity index (χ2n) is 6.79. The Kier molecular flexibility index (Phi) is 5.03. The zero-order valence-corrected chi connectivity index (χ0v) is 12.4. The van der Waals surface area contributed by atoms with E-state index in [4.69, 9.17) is 10.5 Å². The third-order valence-corrected chi connectivity index (χ3v) is 4.05. The van der Waals surface area contributed by atoms with E-state index in [1.807, 2.05) is 0 Å². The summed E-state index contributed by atoms with van der Waals surface area (Å²) in [7, 11) is 0. The van der Waals surface area contributed by atoms with Crippen LogP contribution in [0.4, 0.5) is 0 Å². The number of hydrogen-bond acceptors (Lipinski definition) is 2. The first-order chi connectivity index (χ1) is 7.78. The van der Waals surface area contributed by atoms with E-state index in [2.05, 4.69) is 34.6 Å². The summed E-state index contributed by atoms with van der Waals surface area (Å²) in [5, 5.41) is 0. The summed E-state index contributed by atoms with van der Waals surface area (Å²) in [5.41, 5.74) is 6.31. The fourth-order valence-corrected chi connectivity index (χ4v) is 3.28. The van der Waals surface area contributed by atoms with Crippen LogP contribution < -0.4 is 5.73 Å². The van der Waals surface area contributed by atoms with Crippen LogP contribution in [0.25, 0.3) is 0 Å². The summed E-state index contributed by atoms with van der Waals surface area (Å²) in [6, 6.07) is 0.295. The molecule has 0 aromatic heterocycles. The van der Waals surface area contributed by atoms with Gasteiger partial charge in [-0.2, -0.15) is 0 Å². The minimum atomic E-state index is -0.0618. The van der Waals surface area contributed by atoms with Gasteiger partial charge in [0.2, 0.25) is 0 Å². The van der Waals surface area contributed by atoms with Crippen LogP contribution in [-0.4, -0.2) is 17.2 Å². The van der Waals surface area contributed by atoms with Crippen LogP contribution in [-0.2, 0) is 4.74 Å². The van der Waals surface area contributed by atoms with Crippen molar-refractivity contribution in [2.75, 3.05) is 0 Å². The van der Waals surface area contributed by atoms with Crippen molar-refractivity contribution in [1.82, 2.24) is 0 Å². The summed E-state index contributed by atoms with van der Waals surface area (Å²) < 4.78 is 6.12. The van der Waals surface area contributed by atoms with E-state index in [0.717, 1.165) is 12.8 Å². The van der Waals surface area contributed by atoms with E-state index in [1.54, 1.807) is 0 Å². The van der Waals surface area contributed by atoms with Gasteiger partial charge in [-0.15, -0.1) is 0 Å². The number of unbranched alkanes of at least 4 members (excludes halogenated alkanes) is 3. The maximum Gasteiger partial charge on any atom is 0.0677 e. The molecule has 17 heavy (non-hydrogen) atoms. The molecule has 0 saturated carbocycles. The van der Waals surface area contributed by atoms with Gasteiger partial charge in [0.05, 0.1) is 11.2 Å². The molecule has 0 aromatic carbocycles. The van der Waals surface area contributed by atoms with Gasteiger partial charge in [-0.1, -0.05) is 32.6 Å². The number of nitrogens with two attached hydrogens (primary N) is 1. The standard InChI is InChI=1S/C15H31NO/c1-6-7-8-9-10-13(16)12-11-14(2,3)17-15(12,4)5/h12-13H,6-11,16H2,1-5H3. The molecule has 1 heterocycles. The molecule has 1 aliphatic heterocycles. The van der Waals surface area contributed by atoms with Crippen molar-refractivity contribution < 1.29 is 4.74 Å². The predicted octanol–water partition coefficient (Wildman–Crippen LogP) is 3.88. The van der Waals surface area contributed by atoms with Crippen molar-refractivity contribution in [3.8, 4) is 0 Å². The molecule has 1 rings (SSSR count). The topological polar surface area (TPSA) is 35.2 Å². The molecule has 1 fully saturated rings. The Hall–Kier alpha value is -0.0800. The second-order valence-corrected chi connectivity index (χ2v) is 6.79. The lowest BCUT2D eigenvalue weighted by molar-refractivity contribution is -0.0768. The van der Waals surface area contributed by atoms with Crippen LogP contribution in [0.1, 0.15) is 73.1 Å². The smallest absolute Gasteiger partial charge is 0.0677 e. The van der Waals surface area contributed by atoms with Gasteiger partial charge in [0.1, 0.15) is 0 Å². The molecule has 0 aliphatic carbocycles. The van der Waals surface area contributed by atoms with Crippen molar-refractivity contribution in [2.45, 2.75) is 90.4 Å². The number of rotatable bonds is 6. The van der Waals surface area contributed by atoms with Gasteiger partial charge in [0, 0.05) is 12.0 Å². The van der Waals surface area contributed by atoms with Crippen molar-refractivity contribution in [1.29, 1.82) is 0 Å². The molecule has 0 radical (unpaired) electrons. The Balaban J connectivity index is 2.43. The Labute approximate surface area is 107 Å². The number of ether oxygens (including phenoxy) is 1. The average Bonchev–Trinajstić information content (AvgIpc) is 2.41. The van der Waals surface area contributed by atoms with Gasteiger partial charge in [0.25, 0.3) is 0 Å². The summed E-state index contributed by atoms with van der Waals surface area (Å²) in [6.07, 6.45) is 7.45. The van der Waals surface area contributed by atoms with Crippen molar-refractivity contribution >= 4 is 0 Å². The van der Waals surface area contributed by atoms with Crippen LogP contribution in [0.3, 0.4) is 0 Å². The van der Waals surface area contributed by atoms with E-state index in [0.29, 0.717) is 12.0 Å². The molecule has 0 amide bonds. The Bertz CT molecular complexity index is 235. The molecular weight excluding hydrogens is 210 g/mol. The fourth-order valence-electron chi connectivity index (χ4n) is 3.28. The molecular formula is C15H31NO. The molecule has 2 atom stereocenters. The van der Waals surface area contributed by atoms with Gasteiger partial charge < -0.3 is 10.5 Å². The normalized spacial score (nSPS) is 28.2. The largest absolute Gasteiger partial charge is 0.369 e. The second kappa shape index (κ2) is 5.71. The third-order valence-electron chi connectivity index (χ3n) is 4.05. The Morgan fingerprint density at radius 2 is 1.82 bits per heavy atom. The minimum Gasteiger partial charge on any atom is -0.369 e. The van der Waals surface area contributed by atoms with Gasteiger partial charge in [-0.25, -0.2) is 0 Å². The van der Waals surface area contributed by atoms with Crippen molar-refractivity contribution in [3.63, 3.8) is 0 Å². The Morgan fingerprint density at radius 3 is 2.29 bits per heavy atom. The lowest BCUT2D eigenvalue weighted by Crippen LogP contribution is -2.41. The van der Waals surface area contributed by atoms with Gasteiger partial charge in [-0.05, 0) is 40.5 Å². The Morgan fingerprint density at radius 1 is 1.18 bits per heavy atom. The van der Waals surface area contributed by atoms with Crippen LogP contribution in [0.2, 0.25) is 0 Å². The molecule has 0 aromatic rings. The highest BCUT2D eigenvalue weighted by atomic mass is 16.5. The lowest BCUT2D eigenvalue weighted by atomic mass is 9.80. The van der Waals surface area contributed by atoms with Crippen molar-refractivity contribution in [3.05, 3.63) is 0 Å². The molecule has 2 nitrogen and oxygen atoms in total. The van der Waals surface area contributed by atoms with Gasteiger partial charge >= 0.3 is 0 Å². The first-order valence-electron chi connectivity index (χ1n) is 7.24. The maximum atomic E-state index is 6.38. The molecule has 2 unspecified atom stereocenters. The first kappa shape index (κ1) is 15.0. The lowest BCUT2D eigenvalue weighted by Gasteiger charge is -2.31. The monoisotopic (exact) mass is 241 g/mol. The van der Waals surface area contributed by atoms with Crippen LogP contribution >= 0.6 is 0 Å². The highest BCUT2D eigenvalue weighted by molar-refractivity contribution is 4.98. The maximum absolute atomic E-state index is 6.38. The van der Waals surface area contributed by atoms with Crippen LogP contribution in [0.5, 0.6) is 0 Å².